The lowest BCUT2D eigenvalue weighted by Gasteiger charge is -2.26. The summed E-state index contributed by atoms with van der Waals surface area (Å²) in [6.07, 6.45) is 1.64. The van der Waals surface area contributed by atoms with Crippen LogP contribution in [-0.2, 0) is 10.2 Å². The van der Waals surface area contributed by atoms with E-state index in [-0.39, 0.29) is 42.3 Å². The maximum Gasteiger partial charge on any atom is 0.251 e. The van der Waals surface area contributed by atoms with Crippen molar-refractivity contribution in [2.45, 2.75) is 52.0 Å². The number of hydrogen-bond donors (Lipinski definition) is 2. The molecule has 5 nitrogen and oxygen atoms in total. The highest BCUT2D eigenvalue weighted by Crippen LogP contribution is 2.26. The third-order valence-electron chi connectivity index (χ3n) is 5.07. The normalized spacial score (nSPS) is 20.6. The van der Waals surface area contributed by atoms with Crippen molar-refractivity contribution in [1.29, 1.82) is 0 Å². The first-order valence-corrected chi connectivity index (χ1v) is 9.07. The Balaban J connectivity index is 1.92. The van der Waals surface area contributed by atoms with Crippen molar-refractivity contribution in [3.8, 4) is 0 Å². The number of nitrogens with zero attached hydrogens (tertiary/aromatic N) is 1. The molecule has 25 heavy (non-hydrogen) atoms. The van der Waals surface area contributed by atoms with Gasteiger partial charge in [0, 0.05) is 30.7 Å². The zero-order chi connectivity index (χ0) is 18.6. The summed E-state index contributed by atoms with van der Waals surface area (Å²) in [6, 6.07) is 7.58. The molecular weight excluding hydrogens is 316 g/mol. The molecule has 0 unspecified atom stereocenters. The van der Waals surface area contributed by atoms with Crippen LogP contribution < -0.4 is 5.32 Å². The standard InChI is InChI=1S/C20H30N2O3/c1-5-17-15(13-23)10-11-22(17)18(24)12-21-19(25)14-6-8-16(9-7-14)20(2,3)4/h6-9,15,17,23H,5,10-13H2,1-4H3,(H,21,25)/t15-,17+/m1/s1. The highest BCUT2D eigenvalue weighted by Gasteiger charge is 2.35. The van der Waals surface area contributed by atoms with E-state index in [9.17, 15) is 14.7 Å². The Kier molecular flexibility index (Phi) is 6.22. The predicted octanol–water partition coefficient (Wildman–Crippen LogP) is 2.33. The van der Waals surface area contributed by atoms with Gasteiger partial charge in [0.2, 0.25) is 5.91 Å². The average molecular weight is 346 g/mol. The number of carbonyl (C=O) groups is 2. The summed E-state index contributed by atoms with van der Waals surface area (Å²) in [7, 11) is 0. The number of aliphatic hydroxyl groups is 1. The van der Waals surface area contributed by atoms with Gasteiger partial charge in [-0.25, -0.2) is 0 Å². The van der Waals surface area contributed by atoms with E-state index in [1.54, 1.807) is 17.0 Å². The number of amides is 2. The van der Waals surface area contributed by atoms with Gasteiger partial charge in [-0.1, -0.05) is 39.8 Å². The van der Waals surface area contributed by atoms with Crippen LogP contribution in [0.5, 0.6) is 0 Å². The predicted molar refractivity (Wildman–Crippen MR) is 98.5 cm³/mol. The third-order valence-corrected chi connectivity index (χ3v) is 5.07. The molecule has 138 valence electrons. The van der Waals surface area contributed by atoms with Crippen LogP contribution in [0, 0.1) is 5.92 Å². The molecular formula is C20H30N2O3. The molecule has 2 rings (SSSR count). The van der Waals surface area contributed by atoms with Crippen molar-refractivity contribution in [2.75, 3.05) is 19.7 Å². The van der Waals surface area contributed by atoms with Crippen molar-refractivity contribution in [2.24, 2.45) is 5.92 Å². The lowest BCUT2D eigenvalue weighted by molar-refractivity contribution is -0.131. The van der Waals surface area contributed by atoms with Gasteiger partial charge in [0.05, 0.1) is 6.54 Å². The molecule has 0 aromatic heterocycles. The minimum absolute atomic E-state index is 0.00545. The monoisotopic (exact) mass is 346 g/mol. The number of rotatable bonds is 5. The molecule has 0 bridgehead atoms. The Morgan fingerprint density at radius 1 is 1.24 bits per heavy atom. The van der Waals surface area contributed by atoms with Crippen LogP contribution in [0.15, 0.2) is 24.3 Å². The van der Waals surface area contributed by atoms with Crippen molar-refractivity contribution < 1.29 is 14.7 Å². The first kappa shape index (κ1) is 19.4. The summed E-state index contributed by atoms with van der Waals surface area (Å²) < 4.78 is 0. The molecule has 0 saturated carbocycles. The van der Waals surface area contributed by atoms with E-state index in [0.29, 0.717) is 12.1 Å². The summed E-state index contributed by atoms with van der Waals surface area (Å²) in [5.41, 5.74) is 1.76. The molecule has 1 aromatic carbocycles. The van der Waals surface area contributed by atoms with Crippen LogP contribution in [0.25, 0.3) is 0 Å². The van der Waals surface area contributed by atoms with E-state index in [1.807, 2.05) is 19.1 Å². The van der Waals surface area contributed by atoms with E-state index < -0.39 is 0 Å². The minimum atomic E-state index is -0.236. The second kappa shape index (κ2) is 8.00. The highest BCUT2D eigenvalue weighted by molar-refractivity contribution is 5.96. The van der Waals surface area contributed by atoms with Gasteiger partial charge < -0.3 is 15.3 Å². The molecule has 1 aromatic rings. The van der Waals surface area contributed by atoms with Crippen molar-refractivity contribution in [1.82, 2.24) is 10.2 Å². The third kappa shape index (κ3) is 4.60. The van der Waals surface area contributed by atoms with E-state index in [0.717, 1.165) is 18.4 Å². The Labute approximate surface area is 150 Å². The van der Waals surface area contributed by atoms with Crippen LogP contribution in [0.2, 0.25) is 0 Å². The number of benzene rings is 1. The Morgan fingerprint density at radius 2 is 1.88 bits per heavy atom. The molecule has 1 saturated heterocycles. The maximum atomic E-state index is 12.4. The summed E-state index contributed by atoms with van der Waals surface area (Å²) in [5, 5.41) is 12.1. The molecule has 0 radical (unpaired) electrons. The van der Waals surface area contributed by atoms with Gasteiger partial charge in [0.15, 0.2) is 0 Å². The number of carbonyl (C=O) groups excluding carboxylic acids is 2. The highest BCUT2D eigenvalue weighted by atomic mass is 16.3. The van der Waals surface area contributed by atoms with E-state index in [1.165, 1.54) is 0 Å². The molecule has 2 atom stereocenters. The van der Waals surface area contributed by atoms with Crippen LogP contribution in [-0.4, -0.2) is 47.6 Å². The number of likely N-dealkylation sites (tertiary alicyclic amines) is 1. The summed E-state index contributed by atoms with van der Waals surface area (Å²) >= 11 is 0. The fourth-order valence-electron chi connectivity index (χ4n) is 3.48. The van der Waals surface area contributed by atoms with Gasteiger partial charge in [0.1, 0.15) is 0 Å². The van der Waals surface area contributed by atoms with E-state index in [2.05, 4.69) is 26.1 Å². The largest absolute Gasteiger partial charge is 0.396 e. The fraction of sp³-hybridized carbons (Fsp3) is 0.600. The number of nitrogens with one attached hydrogen (secondary N) is 1. The lowest BCUT2D eigenvalue weighted by Crippen LogP contribution is -2.44. The van der Waals surface area contributed by atoms with Crippen molar-refractivity contribution >= 4 is 11.8 Å². The van der Waals surface area contributed by atoms with Crippen LogP contribution in [0.1, 0.15) is 56.5 Å². The molecule has 1 aliphatic rings. The molecule has 0 aliphatic carbocycles. The first-order chi connectivity index (χ1) is 11.8. The molecule has 1 heterocycles. The Bertz CT molecular complexity index is 604. The second-order valence-electron chi connectivity index (χ2n) is 7.80. The number of hydrogen-bond acceptors (Lipinski definition) is 3. The zero-order valence-corrected chi connectivity index (χ0v) is 15.7. The van der Waals surface area contributed by atoms with Crippen molar-refractivity contribution in [3.05, 3.63) is 35.4 Å². The molecule has 2 N–H and O–H groups in total. The molecule has 2 amide bonds. The quantitative estimate of drug-likeness (QED) is 0.860. The zero-order valence-electron chi connectivity index (χ0n) is 15.7. The summed E-state index contributed by atoms with van der Waals surface area (Å²) in [6.45, 7) is 9.15. The SMILES string of the molecule is CC[C@H]1[C@@H](CO)CCN1C(=O)CNC(=O)c1ccc(C(C)(C)C)cc1. The van der Waals surface area contributed by atoms with Crippen molar-refractivity contribution in [3.63, 3.8) is 0 Å². The van der Waals surface area contributed by atoms with Crippen LogP contribution in [0.4, 0.5) is 0 Å². The van der Waals surface area contributed by atoms with Crippen LogP contribution >= 0.6 is 0 Å². The van der Waals surface area contributed by atoms with Gasteiger partial charge in [0.25, 0.3) is 5.91 Å². The Hall–Kier alpha value is -1.88. The van der Waals surface area contributed by atoms with Crippen LogP contribution in [0.3, 0.4) is 0 Å². The second-order valence-corrected chi connectivity index (χ2v) is 7.80. The smallest absolute Gasteiger partial charge is 0.251 e. The topological polar surface area (TPSA) is 69.6 Å². The van der Waals surface area contributed by atoms with E-state index >= 15 is 0 Å². The van der Waals surface area contributed by atoms with E-state index in [4.69, 9.17) is 0 Å². The number of aliphatic hydroxyl groups excluding tert-OH is 1. The van der Waals surface area contributed by atoms with Gasteiger partial charge in [-0.05, 0) is 36.0 Å². The first-order valence-electron chi connectivity index (χ1n) is 9.07. The summed E-state index contributed by atoms with van der Waals surface area (Å²) in [4.78, 5) is 26.5. The molecule has 5 heteroatoms. The molecule has 1 fully saturated rings. The average Bonchev–Trinajstić information content (AvgIpc) is 3.01. The fourth-order valence-corrected chi connectivity index (χ4v) is 3.48. The molecule has 0 spiro atoms. The maximum absolute atomic E-state index is 12.4. The summed E-state index contributed by atoms with van der Waals surface area (Å²) in [5.74, 6) is -0.170. The Morgan fingerprint density at radius 3 is 2.40 bits per heavy atom. The van der Waals surface area contributed by atoms with Gasteiger partial charge in [-0.15, -0.1) is 0 Å². The molecule has 1 aliphatic heterocycles. The van der Waals surface area contributed by atoms with Gasteiger partial charge >= 0.3 is 0 Å². The van der Waals surface area contributed by atoms with Gasteiger partial charge in [-0.3, -0.25) is 9.59 Å². The van der Waals surface area contributed by atoms with Gasteiger partial charge in [-0.2, -0.15) is 0 Å². The minimum Gasteiger partial charge on any atom is -0.396 e. The lowest BCUT2D eigenvalue weighted by atomic mass is 9.87.